The van der Waals surface area contributed by atoms with Crippen molar-refractivity contribution in [2.24, 2.45) is 0 Å². The van der Waals surface area contributed by atoms with Crippen molar-refractivity contribution in [3.05, 3.63) is 108 Å². The van der Waals surface area contributed by atoms with E-state index >= 15 is 0 Å². The fourth-order valence-corrected chi connectivity index (χ4v) is 4.92. The lowest BCUT2D eigenvalue weighted by atomic mass is 9.84. The molecule has 0 saturated carbocycles. The van der Waals surface area contributed by atoms with Crippen molar-refractivity contribution < 1.29 is 19.4 Å². The lowest BCUT2D eigenvalue weighted by molar-refractivity contribution is -0.139. The van der Waals surface area contributed by atoms with Crippen LogP contribution in [0.1, 0.15) is 42.0 Å². The first-order valence-electron chi connectivity index (χ1n) is 12.0. The molecule has 1 aliphatic rings. The van der Waals surface area contributed by atoms with Crippen LogP contribution in [0.3, 0.4) is 0 Å². The van der Waals surface area contributed by atoms with Crippen LogP contribution in [0.4, 0.5) is 0 Å². The molecule has 0 unspecified atom stereocenters. The number of para-hydroxylation sites is 1. The summed E-state index contributed by atoms with van der Waals surface area (Å²) in [6.45, 7) is 2.59. The van der Waals surface area contributed by atoms with Crippen LogP contribution in [0.15, 0.2) is 91.0 Å². The summed E-state index contributed by atoms with van der Waals surface area (Å²) >= 11 is 0. The van der Waals surface area contributed by atoms with Crippen LogP contribution in [0.5, 0.6) is 11.5 Å². The molecule has 5 heteroatoms. The van der Waals surface area contributed by atoms with E-state index in [1.807, 2.05) is 42.5 Å². The quantitative estimate of drug-likeness (QED) is 0.336. The summed E-state index contributed by atoms with van der Waals surface area (Å²) in [5.41, 5.74) is 3.62. The molecule has 0 aliphatic carbocycles. The van der Waals surface area contributed by atoms with Crippen molar-refractivity contribution in [3.8, 4) is 11.5 Å². The summed E-state index contributed by atoms with van der Waals surface area (Å²) in [6.07, 6.45) is 0.872. The molecule has 0 radical (unpaired) electrons. The molecule has 2 N–H and O–H groups in total. The van der Waals surface area contributed by atoms with E-state index in [-0.39, 0.29) is 24.7 Å². The number of rotatable bonds is 8. The number of nitrogens with one attached hydrogen (secondary N) is 1. The Hall–Kier alpha value is -3.83. The first-order chi connectivity index (χ1) is 17.1. The average molecular weight is 468 g/mol. The molecule has 0 bridgehead atoms. The monoisotopic (exact) mass is 467 g/mol. The topological polar surface area (TPSA) is 67.8 Å². The third kappa shape index (κ3) is 5.15. The Labute approximate surface area is 205 Å². The highest BCUT2D eigenvalue weighted by Crippen LogP contribution is 2.40. The van der Waals surface area contributed by atoms with Crippen molar-refractivity contribution in [2.45, 2.75) is 31.4 Å². The van der Waals surface area contributed by atoms with Gasteiger partial charge in [-0.1, -0.05) is 72.8 Å². The molecule has 4 aromatic rings. The van der Waals surface area contributed by atoms with Gasteiger partial charge in [-0.2, -0.15) is 0 Å². The highest BCUT2D eigenvalue weighted by atomic mass is 16.5. The number of aliphatic carboxylic acids is 1. The molecule has 0 saturated heterocycles. The summed E-state index contributed by atoms with van der Waals surface area (Å²) in [6, 6.07) is 31.0. The van der Waals surface area contributed by atoms with Crippen LogP contribution in [0, 0.1) is 0 Å². The molecule has 35 heavy (non-hydrogen) atoms. The SMILES string of the molecule is C[C@@H](NC[C@@H]1C[C@@H](c2ccc(OCC(=O)O)cc2)c2ccccc2O1)c1cccc2ccccc12. The first kappa shape index (κ1) is 22.9. The molecule has 0 aromatic heterocycles. The van der Waals surface area contributed by atoms with Crippen LogP contribution < -0.4 is 14.8 Å². The fourth-order valence-electron chi connectivity index (χ4n) is 4.92. The van der Waals surface area contributed by atoms with E-state index in [4.69, 9.17) is 14.6 Å². The molecule has 178 valence electrons. The van der Waals surface area contributed by atoms with Crippen molar-refractivity contribution in [2.75, 3.05) is 13.2 Å². The molecule has 0 spiro atoms. The highest BCUT2D eigenvalue weighted by Gasteiger charge is 2.29. The normalized spacial score (nSPS) is 17.9. The number of fused-ring (bicyclic) bond motifs is 2. The number of carboxylic acids is 1. The van der Waals surface area contributed by atoms with E-state index in [0.29, 0.717) is 5.75 Å². The fraction of sp³-hybridized carbons (Fsp3) is 0.233. The van der Waals surface area contributed by atoms with Gasteiger partial charge in [0, 0.05) is 24.1 Å². The summed E-state index contributed by atoms with van der Waals surface area (Å²) in [7, 11) is 0. The standard InChI is InChI=1S/C30H29NO4/c1-20(25-11-6-8-21-7-2-3-9-26(21)25)31-18-24-17-28(27-10-4-5-12-29(27)35-24)22-13-15-23(16-14-22)34-19-30(32)33/h2-16,20,24,28,31H,17-19H2,1H3,(H,32,33)/t20-,24+,28+/m1/s1. The van der Waals surface area contributed by atoms with E-state index in [1.165, 1.54) is 21.9 Å². The zero-order valence-electron chi connectivity index (χ0n) is 19.7. The van der Waals surface area contributed by atoms with Crippen LogP contribution in [0.2, 0.25) is 0 Å². The maximum atomic E-state index is 10.8. The first-order valence-corrected chi connectivity index (χ1v) is 12.0. The molecular weight excluding hydrogens is 438 g/mol. The Bertz CT molecular complexity index is 1310. The Morgan fingerprint density at radius 3 is 2.57 bits per heavy atom. The van der Waals surface area contributed by atoms with Crippen molar-refractivity contribution >= 4 is 16.7 Å². The second-order valence-electron chi connectivity index (χ2n) is 9.02. The lowest BCUT2D eigenvalue weighted by Crippen LogP contribution is -2.37. The number of ether oxygens (including phenoxy) is 2. The molecule has 1 heterocycles. The average Bonchev–Trinajstić information content (AvgIpc) is 2.90. The summed E-state index contributed by atoms with van der Waals surface area (Å²) < 4.78 is 11.7. The van der Waals surface area contributed by atoms with Gasteiger partial charge in [-0.15, -0.1) is 0 Å². The van der Waals surface area contributed by atoms with Crippen molar-refractivity contribution in [3.63, 3.8) is 0 Å². The van der Waals surface area contributed by atoms with Crippen LogP contribution in [0.25, 0.3) is 10.8 Å². The number of carbonyl (C=O) groups is 1. The maximum absolute atomic E-state index is 10.8. The summed E-state index contributed by atoms with van der Waals surface area (Å²) in [5.74, 6) is 0.673. The Morgan fingerprint density at radius 1 is 1.00 bits per heavy atom. The van der Waals surface area contributed by atoms with Crippen LogP contribution in [-0.2, 0) is 4.79 Å². The van der Waals surface area contributed by atoms with E-state index in [1.54, 1.807) is 0 Å². The van der Waals surface area contributed by atoms with E-state index < -0.39 is 5.97 Å². The third-order valence-electron chi connectivity index (χ3n) is 6.67. The minimum atomic E-state index is -0.986. The van der Waals surface area contributed by atoms with Gasteiger partial charge >= 0.3 is 5.97 Å². The highest BCUT2D eigenvalue weighted by molar-refractivity contribution is 5.86. The predicted octanol–water partition coefficient (Wildman–Crippen LogP) is 5.94. The Balaban J connectivity index is 1.32. The van der Waals surface area contributed by atoms with E-state index in [9.17, 15) is 4.79 Å². The van der Waals surface area contributed by atoms with Crippen LogP contribution >= 0.6 is 0 Å². The molecule has 1 aliphatic heterocycles. The zero-order chi connectivity index (χ0) is 24.2. The smallest absolute Gasteiger partial charge is 0.341 e. The molecule has 4 aromatic carbocycles. The molecule has 0 fully saturated rings. The molecule has 3 atom stereocenters. The van der Waals surface area contributed by atoms with Gasteiger partial charge < -0.3 is 19.9 Å². The van der Waals surface area contributed by atoms with Gasteiger partial charge in [-0.3, -0.25) is 0 Å². The van der Waals surface area contributed by atoms with Crippen molar-refractivity contribution in [1.29, 1.82) is 0 Å². The van der Waals surface area contributed by atoms with Gasteiger partial charge in [0.2, 0.25) is 0 Å². The third-order valence-corrected chi connectivity index (χ3v) is 6.67. The van der Waals surface area contributed by atoms with E-state index in [0.717, 1.165) is 24.3 Å². The minimum absolute atomic E-state index is 0.0234. The van der Waals surface area contributed by atoms with Gasteiger partial charge in [0.1, 0.15) is 17.6 Å². The maximum Gasteiger partial charge on any atom is 0.341 e. The largest absolute Gasteiger partial charge is 0.489 e. The number of benzene rings is 4. The Morgan fingerprint density at radius 2 is 1.74 bits per heavy atom. The summed E-state index contributed by atoms with van der Waals surface area (Å²) in [4.78, 5) is 10.8. The van der Waals surface area contributed by atoms with Gasteiger partial charge in [-0.05, 0) is 53.4 Å². The predicted molar refractivity (Wildman–Crippen MR) is 137 cm³/mol. The van der Waals surface area contributed by atoms with Gasteiger partial charge in [0.15, 0.2) is 6.61 Å². The molecular formula is C30H29NO4. The van der Waals surface area contributed by atoms with Gasteiger partial charge in [0.25, 0.3) is 0 Å². The van der Waals surface area contributed by atoms with E-state index in [2.05, 4.69) is 60.8 Å². The summed E-state index contributed by atoms with van der Waals surface area (Å²) in [5, 5.41) is 15.1. The number of hydrogen-bond donors (Lipinski definition) is 2. The Kier molecular flexibility index (Phi) is 6.68. The zero-order valence-corrected chi connectivity index (χ0v) is 19.7. The van der Waals surface area contributed by atoms with Crippen molar-refractivity contribution in [1.82, 2.24) is 5.32 Å². The molecule has 5 rings (SSSR count). The second-order valence-corrected chi connectivity index (χ2v) is 9.02. The lowest BCUT2D eigenvalue weighted by Gasteiger charge is -2.33. The van der Waals surface area contributed by atoms with Crippen LogP contribution in [-0.4, -0.2) is 30.3 Å². The second kappa shape index (κ2) is 10.2. The minimum Gasteiger partial charge on any atom is -0.489 e. The molecule has 0 amide bonds. The number of carboxylic acid groups (broad SMARTS) is 1. The number of hydrogen-bond acceptors (Lipinski definition) is 4. The van der Waals surface area contributed by atoms with Gasteiger partial charge in [-0.25, -0.2) is 4.79 Å². The van der Waals surface area contributed by atoms with Gasteiger partial charge in [0.05, 0.1) is 0 Å². The molecule has 5 nitrogen and oxygen atoms in total.